The molecule has 0 aliphatic rings. The average Bonchev–Trinajstić information content (AvgIpc) is 3.07. The van der Waals surface area contributed by atoms with Crippen molar-refractivity contribution < 1.29 is 23.0 Å². The highest BCUT2D eigenvalue weighted by Gasteiger charge is 2.13. The molecule has 2 aromatic carbocycles. The molecule has 0 saturated carbocycles. The van der Waals surface area contributed by atoms with Crippen molar-refractivity contribution in [1.29, 1.82) is 0 Å². The van der Waals surface area contributed by atoms with Crippen LogP contribution in [0.2, 0.25) is 0 Å². The smallest absolute Gasteiger partial charge is 0.387 e. The highest BCUT2D eigenvalue weighted by atomic mass is 32.1. The van der Waals surface area contributed by atoms with Crippen LogP contribution in [-0.4, -0.2) is 17.5 Å². The van der Waals surface area contributed by atoms with Gasteiger partial charge >= 0.3 is 6.61 Å². The third-order valence-electron chi connectivity index (χ3n) is 3.51. The average molecular weight is 390 g/mol. The summed E-state index contributed by atoms with van der Waals surface area (Å²) in [5.41, 5.74) is 1.60. The summed E-state index contributed by atoms with van der Waals surface area (Å²) in [5.74, 6) is 0.0752. The summed E-state index contributed by atoms with van der Waals surface area (Å²) in [6.45, 7) is -0.724. The zero-order chi connectivity index (χ0) is 19.2. The van der Waals surface area contributed by atoms with Gasteiger partial charge in [-0.05, 0) is 43.3 Å². The van der Waals surface area contributed by atoms with E-state index < -0.39 is 6.61 Å². The number of amides is 1. The van der Waals surface area contributed by atoms with Crippen LogP contribution < -0.4 is 14.8 Å². The van der Waals surface area contributed by atoms with E-state index in [0.717, 1.165) is 10.7 Å². The lowest BCUT2D eigenvalue weighted by Gasteiger charge is -2.11. The van der Waals surface area contributed by atoms with E-state index in [0.29, 0.717) is 17.0 Å². The SMILES string of the molecule is Cc1nc(COc2ccccc2C(=O)Nc2ccc(OC(F)F)cc2)cs1. The molecule has 3 rings (SSSR count). The van der Waals surface area contributed by atoms with E-state index >= 15 is 0 Å². The fourth-order valence-corrected chi connectivity index (χ4v) is 2.92. The number of aromatic nitrogens is 1. The second-order valence-electron chi connectivity index (χ2n) is 5.50. The van der Waals surface area contributed by atoms with Crippen molar-refractivity contribution in [2.24, 2.45) is 0 Å². The summed E-state index contributed by atoms with van der Waals surface area (Å²) in [5, 5.41) is 5.55. The van der Waals surface area contributed by atoms with Crippen molar-refractivity contribution in [3.63, 3.8) is 0 Å². The van der Waals surface area contributed by atoms with Crippen LogP contribution in [0.5, 0.6) is 11.5 Å². The summed E-state index contributed by atoms with van der Waals surface area (Å²) < 4.78 is 34.4. The Hall–Kier alpha value is -3.00. The Morgan fingerprint density at radius 2 is 1.93 bits per heavy atom. The Kier molecular flexibility index (Phi) is 5.97. The molecule has 0 spiro atoms. The molecule has 0 saturated heterocycles. The van der Waals surface area contributed by atoms with Crippen LogP contribution in [-0.2, 0) is 6.61 Å². The van der Waals surface area contributed by atoms with Gasteiger partial charge < -0.3 is 14.8 Å². The number of hydrogen-bond donors (Lipinski definition) is 1. The lowest BCUT2D eigenvalue weighted by Crippen LogP contribution is -2.13. The van der Waals surface area contributed by atoms with Gasteiger partial charge in [-0.25, -0.2) is 4.98 Å². The number of alkyl halides is 2. The lowest BCUT2D eigenvalue weighted by atomic mass is 10.2. The maximum absolute atomic E-state index is 12.6. The van der Waals surface area contributed by atoms with E-state index in [9.17, 15) is 13.6 Å². The standard InChI is InChI=1S/C19H16F2N2O3S/c1-12-22-14(11-27-12)10-25-17-5-3-2-4-16(17)18(24)23-13-6-8-15(9-7-13)26-19(20)21/h2-9,11,19H,10H2,1H3,(H,23,24). The van der Waals surface area contributed by atoms with E-state index in [-0.39, 0.29) is 18.3 Å². The van der Waals surface area contributed by atoms with Crippen molar-refractivity contribution >= 4 is 22.9 Å². The maximum Gasteiger partial charge on any atom is 0.387 e. The number of carbonyl (C=O) groups excluding carboxylic acids is 1. The van der Waals surface area contributed by atoms with Gasteiger partial charge in [0.25, 0.3) is 5.91 Å². The van der Waals surface area contributed by atoms with Gasteiger partial charge in [0.15, 0.2) is 0 Å². The van der Waals surface area contributed by atoms with Crippen molar-refractivity contribution in [2.45, 2.75) is 20.1 Å². The van der Waals surface area contributed by atoms with Gasteiger partial charge in [0, 0.05) is 11.1 Å². The molecule has 0 atom stereocenters. The molecule has 0 fully saturated rings. The lowest BCUT2D eigenvalue weighted by molar-refractivity contribution is -0.0498. The van der Waals surface area contributed by atoms with Crippen molar-refractivity contribution in [3.8, 4) is 11.5 Å². The van der Waals surface area contributed by atoms with Gasteiger partial charge in [0.2, 0.25) is 0 Å². The Labute approximate surface area is 158 Å². The van der Waals surface area contributed by atoms with E-state index in [2.05, 4.69) is 15.0 Å². The van der Waals surface area contributed by atoms with E-state index in [4.69, 9.17) is 4.74 Å². The normalized spacial score (nSPS) is 10.7. The van der Waals surface area contributed by atoms with Crippen molar-refractivity contribution in [2.75, 3.05) is 5.32 Å². The first kappa shape index (κ1) is 18.8. The largest absolute Gasteiger partial charge is 0.486 e. The molecule has 1 N–H and O–H groups in total. The fraction of sp³-hybridized carbons (Fsp3) is 0.158. The maximum atomic E-state index is 12.6. The third-order valence-corrected chi connectivity index (χ3v) is 4.33. The fourth-order valence-electron chi connectivity index (χ4n) is 2.32. The molecule has 8 heteroatoms. The molecule has 1 aromatic heterocycles. The zero-order valence-corrected chi connectivity index (χ0v) is 15.1. The number of rotatable bonds is 7. The Bertz CT molecular complexity index is 913. The first-order valence-corrected chi connectivity index (χ1v) is 8.88. The predicted molar refractivity (Wildman–Crippen MR) is 98.7 cm³/mol. The van der Waals surface area contributed by atoms with Crippen LogP contribution in [0.4, 0.5) is 14.5 Å². The number of nitrogens with one attached hydrogen (secondary N) is 1. The number of anilines is 1. The monoisotopic (exact) mass is 390 g/mol. The molecular formula is C19H16F2N2O3S. The number of carbonyl (C=O) groups is 1. The van der Waals surface area contributed by atoms with Crippen LogP contribution in [0.25, 0.3) is 0 Å². The van der Waals surface area contributed by atoms with Gasteiger partial charge in [-0.1, -0.05) is 12.1 Å². The molecule has 27 heavy (non-hydrogen) atoms. The summed E-state index contributed by atoms with van der Waals surface area (Å²) >= 11 is 1.53. The van der Waals surface area contributed by atoms with Crippen LogP contribution in [0.1, 0.15) is 21.1 Å². The number of ether oxygens (including phenoxy) is 2. The zero-order valence-electron chi connectivity index (χ0n) is 14.3. The number of thiazole rings is 1. The first-order chi connectivity index (χ1) is 13.0. The van der Waals surface area contributed by atoms with Gasteiger partial charge in [0.1, 0.15) is 18.1 Å². The number of aryl methyl sites for hydroxylation is 1. The minimum atomic E-state index is -2.89. The minimum Gasteiger partial charge on any atom is -0.486 e. The van der Waals surface area contributed by atoms with Gasteiger partial charge in [-0.15, -0.1) is 11.3 Å². The number of nitrogens with zero attached hydrogens (tertiary/aromatic N) is 1. The number of hydrogen-bond acceptors (Lipinski definition) is 5. The molecule has 0 radical (unpaired) electrons. The third kappa shape index (κ3) is 5.24. The van der Waals surface area contributed by atoms with E-state index in [1.54, 1.807) is 24.3 Å². The molecule has 5 nitrogen and oxygen atoms in total. The molecule has 140 valence electrons. The number of benzene rings is 2. The Morgan fingerprint density at radius 1 is 1.19 bits per heavy atom. The molecule has 1 amide bonds. The molecule has 1 heterocycles. The molecule has 0 aliphatic heterocycles. The molecule has 0 aliphatic carbocycles. The molecule has 0 unspecified atom stereocenters. The quantitative estimate of drug-likeness (QED) is 0.624. The number of halogens is 2. The van der Waals surface area contributed by atoms with Crippen LogP contribution in [0.3, 0.4) is 0 Å². The molecule has 0 bridgehead atoms. The highest BCUT2D eigenvalue weighted by molar-refractivity contribution is 7.09. The second-order valence-corrected chi connectivity index (χ2v) is 6.56. The summed E-state index contributed by atoms with van der Waals surface area (Å²) in [7, 11) is 0. The summed E-state index contributed by atoms with van der Waals surface area (Å²) in [6.07, 6.45) is 0. The summed E-state index contributed by atoms with van der Waals surface area (Å²) in [6, 6.07) is 12.5. The number of para-hydroxylation sites is 1. The Balaban J connectivity index is 1.67. The van der Waals surface area contributed by atoms with Gasteiger partial charge in [-0.3, -0.25) is 4.79 Å². The Morgan fingerprint density at radius 3 is 2.59 bits per heavy atom. The second kappa shape index (κ2) is 8.59. The van der Waals surface area contributed by atoms with Crippen LogP contribution in [0, 0.1) is 6.92 Å². The van der Waals surface area contributed by atoms with E-state index in [1.807, 2.05) is 12.3 Å². The van der Waals surface area contributed by atoms with Crippen molar-refractivity contribution in [3.05, 3.63) is 70.2 Å². The first-order valence-electron chi connectivity index (χ1n) is 8.00. The topological polar surface area (TPSA) is 60.5 Å². The van der Waals surface area contributed by atoms with Gasteiger partial charge in [0.05, 0.1) is 16.3 Å². The highest BCUT2D eigenvalue weighted by Crippen LogP contribution is 2.23. The molecule has 3 aromatic rings. The van der Waals surface area contributed by atoms with Crippen LogP contribution >= 0.6 is 11.3 Å². The predicted octanol–water partition coefficient (Wildman–Crippen LogP) is 4.88. The van der Waals surface area contributed by atoms with Crippen molar-refractivity contribution in [1.82, 2.24) is 4.98 Å². The molecular weight excluding hydrogens is 374 g/mol. The minimum absolute atomic E-state index is 0.0188. The summed E-state index contributed by atoms with van der Waals surface area (Å²) in [4.78, 5) is 16.9. The van der Waals surface area contributed by atoms with Crippen LogP contribution in [0.15, 0.2) is 53.9 Å². The van der Waals surface area contributed by atoms with E-state index in [1.165, 1.54) is 35.6 Å². The van der Waals surface area contributed by atoms with Gasteiger partial charge in [-0.2, -0.15) is 8.78 Å².